The Kier molecular flexibility index (Phi) is 5.80. The van der Waals surface area contributed by atoms with Crippen molar-refractivity contribution in [3.05, 3.63) is 65.7 Å². The van der Waals surface area contributed by atoms with E-state index in [1.807, 2.05) is 42.5 Å². The summed E-state index contributed by atoms with van der Waals surface area (Å²) < 4.78 is 11.3. The highest BCUT2D eigenvalue weighted by Gasteiger charge is 2.31. The molecule has 2 aromatic carbocycles. The largest absolute Gasteiger partial charge is 0.459 e. The van der Waals surface area contributed by atoms with Crippen molar-refractivity contribution in [2.24, 2.45) is 0 Å². The molecule has 4 aromatic rings. The molecule has 1 aliphatic rings. The highest BCUT2D eigenvalue weighted by atomic mass is 35.5. The summed E-state index contributed by atoms with van der Waals surface area (Å²) in [5, 5.41) is 19.7. The van der Waals surface area contributed by atoms with Crippen LogP contribution in [0.15, 0.2) is 60.7 Å². The summed E-state index contributed by atoms with van der Waals surface area (Å²) in [6.07, 6.45) is -1.41. The Morgan fingerprint density at radius 3 is 2.47 bits per heavy atom. The number of hydrogen-bond donors (Lipinski definition) is 3. The lowest BCUT2D eigenvalue weighted by molar-refractivity contribution is -0.131. The van der Waals surface area contributed by atoms with E-state index in [1.165, 1.54) is 0 Å². The molecule has 5 rings (SSSR count). The topological polar surface area (TPSA) is 100 Å². The quantitative estimate of drug-likeness (QED) is 0.426. The van der Waals surface area contributed by atoms with Gasteiger partial charge < -0.3 is 19.7 Å². The third kappa shape index (κ3) is 4.20. The molecule has 0 amide bonds. The maximum absolute atomic E-state index is 10.0. The SMILES string of the molecule is OC[C@H]1OC[C@H](Oc2nc3cc(Cl)c(-c4ccc(-c5ccccc5)cc4)nc3[nH]2)C[C@@H]1O. The van der Waals surface area contributed by atoms with Gasteiger partial charge in [-0.2, -0.15) is 4.98 Å². The smallest absolute Gasteiger partial charge is 0.296 e. The number of nitrogens with zero attached hydrogens (tertiary/aromatic N) is 2. The molecule has 0 bridgehead atoms. The van der Waals surface area contributed by atoms with Crippen LogP contribution < -0.4 is 4.74 Å². The molecule has 0 spiro atoms. The fourth-order valence-electron chi connectivity index (χ4n) is 3.85. The lowest BCUT2D eigenvalue weighted by Crippen LogP contribution is -2.45. The van der Waals surface area contributed by atoms with Gasteiger partial charge in [0.1, 0.15) is 17.7 Å². The van der Waals surface area contributed by atoms with E-state index >= 15 is 0 Å². The van der Waals surface area contributed by atoms with E-state index in [-0.39, 0.29) is 25.3 Å². The molecule has 3 N–H and O–H groups in total. The first-order chi connectivity index (χ1) is 15.6. The van der Waals surface area contributed by atoms with Crippen molar-refractivity contribution >= 4 is 22.8 Å². The summed E-state index contributed by atoms with van der Waals surface area (Å²) in [4.78, 5) is 12.1. The Morgan fingerprint density at radius 1 is 1.03 bits per heavy atom. The Labute approximate surface area is 189 Å². The van der Waals surface area contributed by atoms with E-state index in [1.54, 1.807) is 6.07 Å². The summed E-state index contributed by atoms with van der Waals surface area (Å²) >= 11 is 6.51. The second-order valence-corrected chi connectivity index (χ2v) is 8.18. The molecule has 1 aliphatic heterocycles. The Hall–Kier alpha value is -2.97. The van der Waals surface area contributed by atoms with Gasteiger partial charge in [-0.25, -0.2) is 4.98 Å². The maximum atomic E-state index is 10.0. The number of imidazole rings is 1. The normalized spacial score (nSPS) is 21.0. The van der Waals surface area contributed by atoms with Crippen molar-refractivity contribution < 1.29 is 19.7 Å². The third-order valence-electron chi connectivity index (χ3n) is 5.56. The van der Waals surface area contributed by atoms with Gasteiger partial charge in [-0.15, -0.1) is 0 Å². The van der Waals surface area contributed by atoms with Crippen molar-refractivity contribution in [1.29, 1.82) is 0 Å². The number of hydrogen-bond acceptors (Lipinski definition) is 6. The number of H-pyrrole nitrogens is 1. The molecule has 7 nitrogen and oxygen atoms in total. The number of ether oxygens (including phenoxy) is 2. The Balaban J connectivity index is 1.37. The number of nitrogens with one attached hydrogen (secondary N) is 1. The van der Waals surface area contributed by atoms with E-state index in [0.717, 1.165) is 16.7 Å². The molecule has 2 aromatic heterocycles. The fourth-order valence-corrected chi connectivity index (χ4v) is 4.10. The number of halogens is 1. The fraction of sp³-hybridized carbons (Fsp3) is 0.250. The minimum absolute atomic E-state index is 0.226. The van der Waals surface area contributed by atoms with Crippen LogP contribution in [0.4, 0.5) is 0 Å². The van der Waals surface area contributed by atoms with Crippen LogP contribution in [0.3, 0.4) is 0 Å². The summed E-state index contributed by atoms with van der Waals surface area (Å²) in [5.74, 6) is 0. The first-order valence-corrected chi connectivity index (χ1v) is 10.8. The number of aromatic amines is 1. The Morgan fingerprint density at radius 2 is 1.75 bits per heavy atom. The van der Waals surface area contributed by atoms with Crippen LogP contribution >= 0.6 is 11.6 Å². The van der Waals surface area contributed by atoms with Gasteiger partial charge in [0.15, 0.2) is 5.65 Å². The highest BCUT2D eigenvalue weighted by Crippen LogP contribution is 2.31. The van der Waals surface area contributed by atoms with Crippen molar-refractivity contribution in [3.8, 4) is 28.4 Å². The summed E-state index contributed by atoms with van der Waals surface area (Å²) in [6.45, 7) is 0.0303. The van der Waals surface area contributed by atoms with Crippen LogP contribution in [-0.4, -0.2) is 56.7 Å². The summed E-state index contributed by atoms with van der Waals surface area (Å²) in [6, 6.07) is 20.3. The zero-order valence-electron chi connectivity index (χ0n) is 17.1. The molecule has 0 unspecified atom stereocenters. The van der Waals surface area contributed by atoms with Crippen LogP contribution in [0, 0.1) is 0 Å². The lowest BCUT2D eigenvalue weighted by Gasteiger charge is -2.31. The average molecular weight is 452 g/mol. The number of aliphatic hydroxyl groups is 2. The molecule has 0 saturated carbocycles. The maximum Gasteiger partial charge on any atom is 0.296 e. The summed E-state index contributed by atoms with van der Waals surface area (Å²) in [7, 11) is 0. The molecule has 0 aliphatic carbocycles. The molecule has 164 valence electrons. The number of pyridine rings is 1. The van der Waals surface area contributed by atoms with Gasteiger partial charge in [0.25, 0.3) is 6.01 Å². The van der Waals surface area contributed by atoms with E-state index in [4.69, 9.17) is 21.1 Å². The van der Waals surface area contributed by atoms with Crippen LogP contribution in [-0.2, 0) is 4.74 Å². The number of aromatic nitrogens is 3. The monoisotopic (exact) mass is 451 g/mol. The van der Waals surface area contributed by atoms with Gasteiger partial charge in [0, 0.05) is 12.0 Å². The Bertz CT molecular complexity index is 1210. The van der Waals surface area contributed by atoms with Gasteiger partial charge in [-0.05, 0) is 17.2 Å². The van der Waals surface area contributed by atoms with Crippen molar-refractivity contribution in [2.45, 2.75) is 24.7 Å². The number of fused-ring (bicyclic) bond motifs is 1. The highest BCUT2D eigenvalue weighted by molar-refractivity contribution is 6.33. The molecular weight excluding hydrogens is 430 g/mol. The molecule has 0 radical (unpaired) electrons. The minimum Gasteiger partial charge on any atom is -0.459 e. The van der Waals surface area contributed by atoms with Gasteiger partial charge >= 0.3 is 0 Å². The zero-order chi connectivity index (χ0) is 22.1. The predicted octanol–water partition coefficient (Wildman–Crippen LogP) is 3.83. The average Bonchev–Trinajstić information content (AvgIpc) is 3.20. The first kappa shape index (κ1) is 20.9. The first-order valence-electron chi connectivity index (χ1n) is 10.4. The van der Waals surface area contributed by atoms with E-state index < -0.39 is 12.2 Å². The van der Waals surface area contributed by atoms with Gasteiger partial charge in [0.05, 0.1) is 30.0 Å². The molecule has 3 atom stereocenters. The second kappa shape index (κ2) is 8.88. The number of rotatable bonds is 5. The lowest BCUT2D eigenvalue weighted by atomic mass is 10.0. The molecule has 8 heteroatoms. The van der Waals surface area contributed by atoms with Gasteiger partial charge in [-0.1, -0.05) is 66.2 Å². The summed E-state index contributed by atoms with van der Waals surface area (Å²) in [5.41, 5.74) is 4.94. The van der Waals surface area contributed by atoms with Crippen molar-refractivity contribution in [3.63, 3.8) is 0 Å². The standard InChI is InChI=1S/C24H22ClN3O4/c25-18-11-19-23(28-24(26-19)32-17-10-20(30)21(12-29)31-13-17)27-22(18)16-8-6-15(7-9-16)14-4-2-1-3-5-14/h1-9,11,17,20-21,29-30H,10,12-13H2,(H,26,27,28)/t17-,20+,21-/m1/s1. The number of benzene rings is 2. The van der Waals surface area contributed by atoms with Crippen LogP contribution in [0.5, 0.6) is 6.01 Å². The molecular formula is C24H22ClN3O4. The number of aliphatic hydroxyl groups excluding tert-OH is 2. The molecule has 1 saturated heterocycles. The minimum atomic E-state index is -0.791. The van der Waals surface area contributed by atoms with E-state index in [0.29, 0.717) is 28.3 Å². The molecule has 32 heavy (non-hydrogen) atoms. The van der Waals surface area contributed by atoms with Crippen LogP contribution in [0.25, 0.3) is 33.5 Å². The third-order valence-corrected chi connectivity index (χ3v) is 5.84. The molecule has 1 fully saturated rings. The van der Waals surface area contributed by atoms with Gasteiger partial charge in [0.2, 0.25) is 0 Å². The second-order valence-electron chi connectivity index (χ2n) is 7.77. The zero-order valence-corrected chi connectivity index (χ0v) is 17.9. The van der Waals surface area contributed by atoms with Crippen LogP contribution in [0.1, 0.15) is 6.42 Å². The van der Waals surface area contributed by atoms with E-state index in [9.17, 15) is 10.2 Å². The van der Waals surface area contributed by atoms with Crippen LogP contribution in [0.2, 0.25) is 5.02 Å². The van der Waals surface area contributed by atoms with E-state index in [2.05, 4.69) is 27.1 Å². The van der Waals surface area contributed by atoms with Crippen molar-refractivity contribution in [2.75, 3.05) is 13.2 Å². The predicted molar refractivity (Wildman–Crippen MR) is 122 cm³/mol. The molecule has 3 heterocycles. The van der Waals surface area contributed by atoms with Gasteiger partial charge in [-0.3, -0.25) is 4.98 Å². The van der Waals surface area contributed by atoms with Crippen molar-refractivity contribution in [1.82, 2.24) is 15.0 Å².